The van der Waals surface area contributed by atoms with E-state index in [0.29, 0.717) is 28.9 Å². The van der Waals surface area contributed by atoms with Crippen LogP contribution in [-0.2, 0) is 0 Å². The van der Waals surface area contributed by atoms with E-state index in [2.05, 4.69) is 10.3 Å². The Hall–Kier alpha value is -2.38. The van der Waals surface area contributed by atoms with Crippen molar-refractivity contribution in [2.45, 2.75) is 25.4 Å². The molecule has 1 aromatic heterocycles. The third kappa shape index (κ3) is 4.20. The summed E-state index contributed by atoms with van der Waals surface area (Å²) in [5, 5.41) is 13.1. The molecule has 150 valence electrons. The first-order valence-electron chi connectivity index (χ1n) is 9.15. The van der Waals surface area contributed by atoms with Gasteiger partial charge in [-0.1, -0.05) is 11.6 Å². The van der Waals surface area contributed by atoms with E-state index in [4.69, 9.17) is 17.3 Å². The lowest BCUT2D eigenvalue weighted by molar-refractivity contribution is 0.0824. The molecule has 1 amide bonds. The summed E-state index contributed by atoms with van der Waals surface area (Å²) in [6, 6.07) is 4.61. The van der Waals surface area contributed by atoms with Crippen molar-refractivity contribution in [3.63, 3.8) is 0 Å². The summed E-state index contributed by atoms with van der Waals surface area (Å²) in [4.78, 5) is 17.9. The lowest BCUT2D eigenvalue weighted by Crippen LogP contribution is -2.24. The molecule has 2 atom stereocenters. The number of nitrogens with two attached hydrogens (primary N) is 1. The van der Waals surface area contributed by atoms with Gasteiger partial charge in [0.15, 0.2) is 0 Å². The number of carbonyl (C=O) groups is 1. The van der Waals surface area contributed by atoms with Gasteiger partial charge in [-0.25, -0.2) is 9.37 Å². The zero-order valence-corrected chi connectivity index (χ0v) is 16.6. The van der Waals surface area contributed by atoms with Gasteiger partial charge in [0.1, 0.15) is 11.6 Å². The van der Waals surface area contributed by atoms with Crippen LogP contribution in [0.25, 0.3) is 11.1 Å². The van der Waals surface area contributed by atoms with Gasteiger partial charge in [-0.3, -0.25) is 4.79 Å². The largest absolute Gasteiger partial charge is 0.398 e. The van der Waals surface area contributed by atoms with Gasteiger partial charge in [0.25, 0.3) is 5.91 Å². The molecule has 0 radical (unpaired) electrons. The number of aromatic nitrogens is 1. The van der Waals surface area contributed by atoms with Crippen molar-refractivity contribution in [2.24, 2.45) is 5.92 Å². The topological polar surface area (TPSA) is 91.5 Å². The van der Waals surface area contributed by atoms with Crippen molar-refractivity contribution in [3.05, 3.63) is 40.8 Å². The maximum atomic E-state index is 15.0. The van der Waals surface area contributed by atoms with E-state index in [1.165, 1.54) is 37.3 Å². The second-order valence-corrected chi connectivity index (χ2v) is 7.76. The first-order chi connectivity index (χ1) is 13.3. The third-order valence-electron chi connectivity index (χ3n) is 5.02. The number of amides is 1. The maximum Gasteiger partial charge on any atom is 0.258 e. The van der Waals surface area contributed by atoms with Crippen LogP contribution in [0, 0.1) is 11.7 Å². The highest BCUT2D eigenvalue weighted by atomic mass is 35.5. The highest BCUT2D eigenvalue weighted by Crippen LogP contribution is 2.34. The Morgan fingerprint density at radius 2 is 2.14 bits per heavy atom. The lowest BCUT2D eigenvalue weighted by Gasteiger charge is -2.16. The first-order valence-corrected chi connectivity index (χ1v) is 9.53. The molecule has 0 bridgehead atoms. The zero-order valence-electron chi connectivity index (χ0n) is 15.9. The van der Waals surface area contributed by atoms with E-state index in [-0.39, 0.29) is 22.9 Å². The minimum absolute atomic E-state index is 0.0704. The molecule has 1 aliphatic carbocycles. The summed E-state index contributed by atoms with van der Waals surface area (Å²) in [7, 11) is 3.07. The van der Waals surface area contributed by atoms with Crippen molar-refractivity contribution in [3.8, 4) is 11.1 Å². The molecule has 0 saturated heterocycles. The zero-order chi connectivity index (χ0) is 20.4. The van der Waals surface area contributed by atoms with E-state index in [9.17, 15) is 9.90 Å². The molecule has 8 heteroatoms. The van der Waals surface area contributed by atoms with Crippen LogP contribution >= 0.6 is 11.6 Å². The van der Waals surface area contributed by atoms with Crippen LogP contribution in [0.1, 0.15) is 29.6 Å². The molecule has 4 N–H and O–H groups in total. The molecule has 3 rings (SSSR count). The Balaban J connectivity index is 1.84. The van der Waals surface area contributed by atoms with Gasteiger partial charge < -0.3 is 21.1 Å². The number of carbonyl (C=O) groups excluding carboxylic acids is 1. The second kappa shape index (κ2) is 8.32. The molecular formula is C20H24ClFN4O2. The summed E-state index contributed by atoms with van der Waals surface area (Å²) in [6.07, 6.45) is 3.83. The third-order valence-corrected chi connectivity index (χ3v) is 5.34. The molecule has 1 fully saturated rings. The van der Waals surface area contributed by atoms with Crippen LogP contribution in [-0.4, -0.2) is 47.6 Å². The fourth-order valence-electron chi connectivity index (χ4n) is 3.45. The highest BCUT2D eigenvalue weighted by Gasteiger charge is 2.24. The Morgan fingerprint density at radius 1 is 1.39 bits per heavy atom. The number of hydrogen-bond donors (Lipinski definition) is 3. The lowest BCUT2D eigenvalue weighted by atomic mass is 10.0. The molecule has 28 heavy (non-hydrogen) atoms. The van der Waals surface area contributed by atoms with E-state index in [1.54, 1.807) is 6.07 Å². The van der Waals surface area contributed by atoms with Crippen molar-refractivity contribution in [1.29, 1.82) is 0 Å². The van der Waals surface area contributed by atoms with E-state index >= 15 is 4.39 Å². The molecule has 0 spiro atoms. The van der Waals surface area contributed by atoms with Gasteiger partial charge in [-0.15, -0.1) is 0 Å². The van der Waals surface area contributed by atoms with E-state index in [0.717, 1.165) is 19.3 Å². The Kier molecular flexibility index (Phi) is 6.05. The Labute approximate surface area is 168 Å². The molecule has 1 saturated carbocycles. The Bertz CT molecular complexity index is 891. The van der Waals surface area contributed by atoms with Gasteiger partial charge in [0.2, 0.25) is 0 Å². The number of nitrogens with one attached hydrogen (secondary N) is 1. The molecular weight excluding hydrogens is 383 g/mol. The smallest absolute Gasteiger partial charge is 0.258 e. The highest BCUT2D eigenvalue weighted by molar-refractivity contribution is 6.33. The summed E-state index contributed by atoms with van der Waals surface area (Å²) in [6.45, 7) is 0.692. The van der Waals surface area contributed by atoms with E-state index < -0.39 is 11.7 Å². The van der Waals surface area contributed by atoms with Crippen LogP contribution in [0.4, 0.5) is 15.9 Å². The number of nitrogens with zero attached hydrogens (tertiary/aromatic N) is 2. The number of nitrogen functional groups attached to an aromatic ring is 1. The molecule has 0 aliphatic heterocycles. The number of benzene rings is 1. The van der Waals surface area contributed by atoms with Crippen LogP contribution < -0.4 is 11.1 Å². The summed E-state index contributed by atoms with van der Waals surface area (Å²) in [5.41, 5.74) is 6.26. The SMILES string of the molecule is CN(C)C(=O)c1c(N)ccc(-c2cnc(NCC3CCC(O)C3)cc2Cl)c1F. The van der Waals surface area contributed by atoms with Gasteiger partial charge in [0.05, 0.1) is 16.7 Å². The van der Waals surface area contributed by atoms with Gasteiger partial charge in [-0.2, -0.15) is 0 Å². The fraction of sp³-hybridized carbons (Fsp3) is 0.400. The summed E-state index contributed by atoms with van der Waals surface area (Å²) < 4.78 is 15.0. The van der Waals surface area contributed by atoms with Crippen molar-refractivity contribution in [2.75, 3.05) is 31.7 Å². The fourth-order valence-corrected chi connectivity index (χ4v) is 3.70. The van der Waals surface area contributed by atoms with Crippen LogP contribution in [0.2, 0.25) is 5.02 Å². The summed E-state index contributed by atoms with van der Waals surface area (Å²) in [5.74, 6) is -0.263. The minimum Gasteiger partial charge on any atom is -0.398 e. The van der Waals surface area contributed by atoms with Crippen molar-refractivity contribution >= 4 is 29.0 Å². The van der Waals surface area contributed by atoms with Crippen molar-refractivity contribution < 1.29 is 14.3 Å². The minimum atomic E-state index is -0.719. The average molecular weight is 407 g/mol. The average Bonchev–Trinajstić information content (AvgIpc) is 3.06. The molecule has 2 aromatic rings. The van der Waals surface area contributed by atoms with E-state index in [1.807, 2.05) is 0 Å². The number of pyridine rings is 1. The number of anilines is 2. The monoisotopic (exact) mass is 406 g/mol. The number of hydrogen-bond acceptors (Lipinski definition) is 5. The predicted octanol–water partition coefficient (Wildman–Crippen LogP) is 3.40. The maximum absolute atomic E-state index is 15.0. The first kappa shape index (κ1) is 20.4. The van der Waals surface area contributed by atoms with Gasteiger partial charge in [0, 0.05) is 43.7 Å². The number of halogens is 2. The molecule has 1 aliphatic rings. The molecule has 1 aromatic carbocycles. The number of aliphatic hydroxyl groups is 1. The van der Waals surface area contributed by atoms with Crippen LogP contribution in [0.15, 0.2) is 24.4 Å². The normalized spacial score (nSPS) is 18.9. The number of aliphatic hydroxyl groups excluding tert-OH is 1. The predicted molar refractivity (Wildman–Crippen MR) is 109 cm³/mol. The quantitative estimate of drug-likeness (QED) is 0.662. The van der Waals surface area contributed by atoms with Crippen molar-refractivity contribution in [1.82, 2.24) is 9.88 Å². The molecule has 1 heterocycles. The summed E-state index contributed by atoms with van der Waals surface area (Å²) >= 11 is 6.38. The van der Waals surface area contributed by atoms with Crippen LogP contribution in [0.5, 0.6) is 0 Å². The molecule has 6 nitrogen and oxygen atoms in total. The second-order valence-electron chi connectivity index (χ2n) is 7.35. The van der Waals surface area contributed by atoms with Crippen LogP contribution in [0.3, 0.4) is 0 Å². The Morgan fingerprint density at radius 3 is 2.75 bits per heavy atom. The molecule has 2 unspecified atom stereocenters. The standard InChI is InChI=1S/C20H24ClFN4O2/c1-26(2)20(28)18-16(23)6-5-13(19(18)22)14-10-25-17(8-15(14)21)24-9-11-3-4-12(27)7-11/h5-6,8,10-12,27H,3-4,7,9,23H2,1-2H3,(H,24,25). The van der Waals surface area contributed by atoms with Gasteiger partial charge in [-0.05, 0) is 43.4 Å². The van der Waals surface area contributed by atoms with Gasteiger partial charge >= 0.3 is 0 Å². The number of rotatable bonds is 5.